The van der Waals surface area contributed by atoms with Crippen LogP contribution in [0.1, 0.15) is 36.9 Å². The summed E-state index contributed by atoms with van der Waals surface area (Å²) in [6.07, 6.45) is 0. The van der Waals surface area contributed by atoms with E-state index in [0.717, 1.165) is 22.6 Å². The molecule has 5 heteroatoms. The highest BCUT2D eigenvalue weighted by Crippen LogP contribution is 2.23. The number of carbonyl (C=O) groups excluding carboxylic acids is 1. The molecule has 1 unspecified atom stereocenters. The predicted octanol–water partition coefficient (Wildman–Crippen LogP) is 4.02. The van der Waals surface area contributed by atoms with E-state index in [4.69, 9.17) is 4.74 Å². The van der Waals surface area contributed by atoms with Gasteiger partial charge in [0.05, 0.1) is 19.8 Å². The van der Waals surface area contributed by atoms with E-state index in [2.05, 4.69) is 19.2 Å². The Hall–Kier alpha value is -2.53. The van der Waals surface area contributed by atoms with Gasteiger partial charge in [0.25, 0.3) is 0 Å². The smallest absolute Gasteiger partial charge is 0.322 e. The number of benzene rings is 2. The average Bonchev–Trinajstić information content (AvgIpc) is 2.63. The van der Waals surface area contributed by atoms with Gasteiger partial charge in [0.15, 0.2) is 0 Å². The number of carbonyl (C=O) groups is 1. The summed E-state index contributed by atoms with van der Waals surface area (Å²) in [5.74, 6) is 1.12. The number of nitrogens with one attached hydrogen (secondary N) is 1. The van der Waals surface area contributed by atoms with E-state index in [-0.39, 0.29) is 12.6 Å². The number of ether oxygens (including phenoxy) is 1. The van der Waals surface area contributed by atoms with Crippen LogP contribution in [-0.2, 0) is 0 Å². The van der Waals surface area contributed by atoms with Crippen LogP contribution in [-0.4, -0.2) is 36.8 Å². The molecule has 0 fully saturated rings. The highest BCUT2D eigenvalue weighted by molar-refractivity contribution is 5.89. The molecule has 0 spiro atoms. The lowest BCUT2D eigenvalue weighted by Gasteiger charge is -2.27. The Labute approximate surface area is 149 Å². The first-order valence-electron chi connectivity index (χ1n) is 8.34. The van der Waals surface area contributed by atoms with Gasteiger partial charge in [-0.05, 0) is 41.3 Å². The summed E-state index contributed by atoms with van der Waals surface area (Å²) in [7, 11) is 3.27. The minimum absolute atomic E-state index is 0.164. The van der Waals surface area contributed by atoms with Crippen LogP contribution in [0.25, 0.3) is 0 Å². The van der Waals surface area contributed by atoms with Crippen LogP contribution < -0.4 is 10.1 Å². The molecule has 0 aliphatic heterocycles. The zero-order valence-corrected chi connectivity index (χ0v) is 15.2. The quantitative estimate of drug-likeness (QED) is 0.833. The second-order valence-electron chi connectivity index (χ2n) is 6.29. The number of anilines is 1. The van der Waals surface area contributed by atoms with Gasteiger partial charge in [-0.3, -0.25) is 0 Å². The van der Waals surface area contributed by atoms with Crippen molar-refractivity contribution in [1.29, 1.82) is 0 Å². The number of aliphatic hydroxyl groups excluding tert-OH is 1. The van der Waals surface area contributed by atoms with Gasteiger partial charge in [-0.1, -0.05) is 38.1 Å². The third-order valence-corrected chi connectivity index (χ3v) is 4.27. The van der Waals surface area contributed by atoms with Crippen LogP contribution in [0.2, 0.25) is 0 Å². The average molecular weight is 342 g/mol. The number of aliphatic hydroxyl groups is 1. The third kappa shape index (κ3) is 4.73. The van der Waals surface area contributed by atoms with Crippen molar-refractivity contribution in [2.24, 2.45) is 0 Å². The minimum atomic E-state index is -0.431. The van der Waals surface area contributed by atoms with Crippen molar-refractivity contribution >= 4 is 11.7 Å². The zero-order chi connectivity index (χ0) is 18.4. The molecule has 2 amide bonds. The molecule has 2 aromatic rings. The van der Waals surface area contributed by atoms with Gasteiger partial charge in [0.2, 0.25) is 0 Å². The molecular weight excluding hydrogens is 316 g/mol. The van der Waals surface area contributed by atoms with Gasteiger partial charge in [-0.25, -0.2) is 4.79 Å². The molecule has 0 heterocycles. The Morgan fingerprint density at radius 1 is 1.16 bits per heavy atom. The Morgan fingerprint density at radius 2 is 1.84 bits per heavy atom. The van der Waals surface area contributed by atoms with Gasteiger partial charge < -0.3 is 20.1 Å². The van der Waals surface area contributed by atoms with Gasteiger partial charge in [-0.15, -0.1) is 0 Å². The summed E-state index contributed by atoms with van der Waals surface area (Å²) in [6, 6.07) is 14.4. The molecule has 0 aliphatic carbocycles. The van der Waals surface area contributed by atoms with Crippen molar-refractivity contribution in [3.63, 3.8) is 0 Å². The van der Waals surface area contributed by atoms with Gasteiger partial charge in [0.1, 0.15) is 5.75 Å². The largest absolute Gasteiger partial charge is 0.497 e. The van der Waals surface area contributed by atoms with E-state index < -0.39 is 6.04 Å². The fraction of sp³-hybridized carbons (Fsp3) is 0.350. The number of likely N-dealkylation sites (N-methyl/N-ethyl adjacent to an activating group) is 1. The Kier molecular flexibility index (Phi) is 6.42. The maximum absolute atomic E-state index is 12.6. The Bertz CT molecular complexity index is 698. The standard InChI is InChI=1S/C20H26N2O3/c1-14(2)16-6-5-7-17(12-16)21-20(24)22(3)19(13-23)15-8-10-18(25-4)11-9-15/h5-12,14,19,23H,13H2,1-4H3,(H,21,24). The van der Waals surface area contributed by atoms with E-state index in [1.54, 1.807) is 14.2 Å². The summed E-state index contributed by atoms with van der Waals surface area (Å²) in [5, 5.41) is 12.7. The SMILES string of the molecule is COc1ccc(C(CO)N(C)C(=O)Nc2cccc(C(C)C)c2)cc1. The molecule has 2 N–H and O–H groups in total. The van der Waals surface area contributed by atoms with Crippen molar-refractivity contribution in [1.82, 2.24) is 4.90 Å². The summed E-state index contributed by atoms with van der Waals surface area (Å²) in [4.78, 5) is 14.1. The maximum Gasteiger partial charge on any atom is 0.322 e. The lowest BCUT2D eigenvalue weighted by molar-refractivity contribution is 0.159. The van der Waals surface area contributed by atoms with E-state index in [1.165, 1.54) is 4.90 Å². The van der Waals surface area contributed by atoms with Crippen LogP contribution in [0.15, 0.2) is 48.5 Å². The first-order chi connectivity index (χ1) is 12.0. The number of methoxy groups -OCH3 is 1. The third-order valence-electron chi connectivity index (χ3n) is 4.27. The van der Waals surface area contributed by atoms with Crippen LogP contribution in [0, 0.1) is 0 Å². The van der Waals surface area contributed by atoms with Crippen molar-refractivity contribution in [2.45, 2.75) is 25.8 Å². The topological polar surface area (TPSA) is 61.8 Å². The second-order valence-corrected chi connectivity index (χ2v) is 6.29. The normalized spacial score (nSPS) is 11.9. The van der Waals surface area contributed by atoms with Crippen molar-refractivity contribution in [3.05, 3.63) is 59.7 Å². The van der Waals surface area contributed by atoms with Crippen LogP contribution in [0.4, 0.5) is 10.5 Å². The molecule has 2 rings (SSSR count). The molecule has 2 aromatic carbocycles. The zero-order valence-electron chi connectivity index (χ0n) is 15.2. The molecule has 0 bridgehead atoms. The maximum atomic E-state index is 12.6. The monoisotopic (exact) mass is 342 g/mol. The number of hydrogen-bond acceptors (Lipinski definition) is 3. The molecule has 0 aromatic heterocycles. The molecule has 134 valence electrons. The predicted molar refractivity (Wildman–Crippen MR) is 100 cm³/mol. The molecule has 5 nitrogen and oxygen atoms in total. The number of amides is 2. The molecular formula is C20H26N2O3. The fourth-order valence-electron chi connectivity index (χ4n) is 2.61. The van der Waals surface area contributed by atoms with Crippen molar-refractivity contribution < 1.29 is 14.6 Å². The summed E-state index contributed by atoms with van der Waals surface area (Å²) in [5.41, 5.74) is 2.75. The Morgan fingerprint density at radius 3 is 2.40 bits per heavy atom. The van der Waals surface area contributed by atoms with E-state index in [1.807, 2.05) is 48.5 Å². The van der Waals surface area contributed by atoms with Crippen LogP contribution >= 0.6 is 0 Å². The number of rotatable bonds is 6. The van der Waals surface area contributed by atoms with Gasteiger partial charge in [-0.2, -0.15) is 0 Å². The molecule has 0 aliphatic rings. The van der Waals surface area contributed by atoms with Crippen molar-refractivity contribution in [3.8, 4) is 5.75 Å². The van der Waals surface area contributed by atoms with E-state index >= 15 is 0 Å². The van der Waals surface area contributed by atoms with E-state index in [0.29, 0.717) is 5.92 Å². The second kappa shape index (κ2) is 8.53. The number of hydrogen-bond donors (Lipinski definition) is 2. The summed E-state index contributed by atoms with van der Waals surface area (Å²) < 4.78 is 5.14. The van der Waals surface area contributed by atoms with Crippen LogP contribution in [0.5, 0.6) is 5.75 Å². The van der Waals surface area contributed by atoms with E-state index in [9.17, 15) is 9.90 Å². The van der Waals surface area contributed by atoms with Gasteiger partial charge in [0, 0.05) is 12.7 Å². The fourth-order valence-corrected chi connectivity index (χ4v) is 2.61. The molecule has 0 radical (unpaired) electrons. The molecule has 1 atom stereocenters. The van der Waals surface area contributed by atoms with Crippen LogP contribution in [0.3, 0.4) is 0 Å². The minimum Gasteiger partial charge on any atom is -0.497 e. The van der Waals surface area contributed by atoms with Gasteiger partial charge >= 0.3 is 6.03 Å². The first kappa shape index (κ1) is 18.8. The number of urea groups is 1. The summed E-state index contributed by atoms with van der Waals surface area (Å²) in [6.45, 7) is 4.05. The Balaban J connectivity index is 2.12. The van der Waals surface area contributed by atoms with Crippen molar-refractivity contribution in [2.75, 3.05) is 26.1 Å². The lowest BCUT2D eigenvalue weighted by Crippen LogP contribution is -2.36. The number of nitrogens with zero attached hydrogens (tertiary/aromatic N) is 1. The lowest BCUT2D eigenvalue weighted by atomic mass is 10.0. The summed E-state index contributed by atoms with van der Waals surface area (Å²) >= 11 is 0. The first-order valence-corrected chi connectivity index (χ1v) is 8.34. The molecule has 0 saturated carbocycles. The highest BCUT2D eigenvalue weighted by atomic mass is 16.5. The molecule has 25 heavy (non-hydrogen) atoms. The highest BCUT2D eigenvalue weighted by Gasteiger charge is 2.21. The molecule has 0 saturated heterocycles.